The summed E-state index contributed by atoms with van der Waals surface area (Å²) in [6.45, 7) is 4.66. The van der Waals surface area contributed by atoms with Gasteiger partial charge in [0.15, 0.2) is 11.6 Å². The smallest absolute Gasteiger partial charge is 0.341 e. The van der Waals surface area contributed by atoms with E-state index in [2.05, 4.69) is 11.6 Å². The molecule has 1 saturated carbocycles. The third-order valence-corrected chi connectivity index (χ3v) is 4.75. The predicted octanol–water partition coefficient (Wildman–Crippen LogP) is 1.27. The molecule has 2 aromatic heterocycles. The molecule has 25 heavy (non-hydrogen) atoms. The van der Waals surface area contributed by atoms with Crippen molar-refractivity contribution in [3.63, 3.8) is 0 Å². The van der Waals surface area contributed by atoms with Gasteiger partial charge in [-0.15, -0.1) is 0 Å². The minimum atomic E-state index is -1.33. The lowest BCUT2D eigenvalue weighted by atomic mass is 10.2. The number of hydrogen-bond donors (Lipinski definition) is 2. The van der Waals surface area contributed by atoms with E-state index in [-0.39, 0.29) is 28.9 Å². The molecule has 3 N–H and O–H groups in total. The Labute approximate surface area is 142 Å². The number of fused-ring (bicyclic) bond motifs is 1. The first-order chi connectivity index (χ1) is 11.9. The Kier molecular flexibility index (Phi) is 3.40. The molecule has 3 heterocycles. The molecule has 1 unspecified atom stereocenters. The summed E-state index contributed by atoms with van der Waals surface area (Å²) < 4.78 is 16.3. The van der Waals surface area contributed by atoms with E-state index in [1.54, 1.807) is 9.47 Å². The molecule has 2 fully saturated rings. The van der Waals surface area contributed by atoms with Crippen molar-refractivity contribution in [1.29, 1.82) is 0 Å². The van der Waals surface area contributed by atoms with Crippen molar-refractivity contribution >= 4 is 22.8 Å². The van der Waals surface area contributed by atoms with Gasteiger partial charge in [-0.05, 0) is 24.5 Å². The van der Waals surface area contributed by atoms with Gasteiger partial charge >= 0.3 is 5.97 Å². The summed E-state index contributed by atoms with van der Waals surface area (Å²) >= 11 is 0. The standard InChI is InChI=1S/C17H17FN4O3/c1-8-5-21(7-13(8)19)16-12(18)4-10-14(23)11(17(24)25)6-22(9-2-3-9)15(10)20-16/h4,6,9,13H,1-3,5,7,19H2,(H,24,25). The third-order valence-electron chi connectivity index (χ3n) is 4.75. The molecule has 0 bridgehead atoms. The Balaban J connectivity index is 1.94. The molecule has 2 aliphatic rings. The van der Waals surface area contributed by atoms with Crippen molar-refractivity contribution in [2.45, 2.75) is 24.9 Å². The molecule has 7 nitrogen and oxygen atoms in total. The topological polar surface area (TPSA) is 101 Å². The van der Waals surface area contributed by atoms with Gasteiger partial charge < -0.3 is 20.3 Å². The molecule has 0 spiro atoms. The zero-order valence-corrected chi connectivity index (χ0v) is 13.4. The molecular formula is C17H17FN4O3. The van der Waals surface area contributed by atoms with E-state index in [4.69, 9.17) is 5.73 Å². The van der Waals surface area contributed by atoms with Crippen LogP contribution in [0.2, 0.25) is 0 Å². The minimum absolute atomic E-state index is 0.0182. The van der Waals surface area contributed by atoms with E-state index in [0.29, 0.717) is 18.7 Å². The van der Waals surface area contributed by atoms with Crippen LogP contribution >= 0.6 is 0 Å². The second kappa shape index (κ2) is 5.38. The monoisotopic (exact) mass is 344 g/mol. The van der Waals surface area contributed by atoms with Crippen molar-refractivity contribution in [3.05, 3.63) is 46.0 Å². The summed E-state index contributed by atoms with van der Waals surface area (Å²) in [6, 6.07) is 0.914. The molecule has 0 radical (unpaired) electrons. The van der Waals surface area contributed by atoms with E-state index in [1.807, 2.05) is 0 Å². The highest BCUT2D eigenvalue weighted by Gasteiger charge is 2.30. The van der Waals surface area contributed by atoms with Gasteiger partial charge in [-0.1, -0.05) is 6.58 Å². The highest BCUT2D eigenvalue weighted by atomic mass is 19.1. The van der Waals surface area contributed by atoms with Gasteiger partial charge in [0.1, 0.15) is 11.2 Å². The number of aromatic nitrogens is 2. The lowest BCUT2D eigenvalue weighted by Gasteiger charge is -2.19. The third kappa shape index (κ3) is 2.49. The second-order valence-electron chi connectivity index (χ2n) is 6.63. The van der Waals surface area contributed by atoms with Crippen LogP contribution in [0.1, 0.15) is 29.2 Å². The first kappa shape index (κ1) is 15.8. The Morgan fingerprint density at radius 1 is 1.44 bits per heavy atom. The number of anilines is 1. The van der Waals surface area contributed by atoms with Crippen molar-refractivity contribution < 1.29 is 14.3 Å². The van der Waals surface area contributed by atoms with Crippen LogP contribution in [0.3, 0.4) is 0 Å². The molecule has 1 aliphatic heterocycles. The molecule has 8 heteroatoms. The Morgan fingerprint density at radius 2 is 2.16 bits per heavy atom. The molecule has 1 saturated heterocycles. The molecular weight excluding hydrogens is 327 g/mol. The fourth-order valence-electron chi connectivity index (χ4n) is 3.20. The number of pyridine rings is 2. The van der Waals surface area contributed by atoms with E-state index in [9.17, 15) is 19.1 Å². The van der Waals surface area contributed by atoms with Gasteiger partial charge in [0.05, 0.1) is 5.39 Å². The van der Waals surface area contributed by atoms with Crippen LogP contribution in [0.25, 0.3) is 11.0 Å². The molecule has 2 aromatic rings. The maximum atomic E-state index is 14.6. The van der Waals surface area contributed by atoms with Crippen LogP contribution in [0.4, 0.5) is 10.2 Å². The minimum Gasteiger partial charge on any atom is -0.477 e. The van der Waals surface area contributed by atoms with Crippen molar-refractivity contribution in [3.8, 4) is 0 Å². The largest absolute Gasteiger partial charge is 0.477 e. The van der Waals surface area contributed by atoms with Crippen LogP contribution in [-0.4, -0.2) is 39.8 Å². The van der Waals surface area contributed by atoms with Crippen LogP contribution in [0.15, 0.2) is 29.2 Å². The van der Waals surface area contributed by atoms with Crippen molar-refractivity contribution in [2.75, 3.05) is 18.0 Å². The van der Waals surface area contributed by atoms with Crippen molar-refractivity contribution in [1.82, 2.24) is 9.55 Å². The fraction of sp³-hybridized carbons (Fsp3) is 0.353. The van der Waals surface area contributed by atoms with Gasteiger partial charge in [0.25, 0.3) is 0 Å². The van der Waals surface area contributed by atoms with Crippen LogP contribution in [-0.2, 0) is 0 Å². The SMILES string of the molecule is C=C1CN(c2nc3c(cc2F)c(=O)c(C(=O)O)cn3C2CC2)CC1N. The number of hydrogen-bond acceptors (Lipinski definition) is 5. The highest BCUT2D eigenvalue weighted by molar-refractivity contribution is 5.92. The molecule has 0 aromatic carbocycles. The van der Waals surface area contributed by atoms with Gasteiger partial charge in [-0.2, -0.15) is 0 Å². The lowest BCUT2D eigenvalue weighted by Crippen LogP contribution is -2.28. The molecule has 1 aliphatic carbocycles. The zero-order chi connectivity index (χ0) is 17.9. The number of carbonyl (C=O) groups is 1. The summed E-state index contributed by atoms with van der Waals surface area (Å²) in [6.07, 6.45) is 3.06. The van der Waals surface area contributed by atoms with Crippen molar-refractivity contribution in [2.24, 2.45) is 5.73 Å². The number of nitrogens with zero attached hydrogens (tertiary/aromatic N) is 3. The Morgan fingerprint density at radius 3 is 2.72 bits per heavy atom. The zero-order valence-electron chi connectivity index (χ0n) is 13.4. The second-order valence-corrected chi connectivity index (χ2v) is 6.63. The van der Waals surface area contributed by atoms with Gasteiger partial charge in [-0.3, -0.25) is 4.79 Å². The Bertz CT molecular complexity index is 980. The quantitative estimate of drug-likeness (QED) is 0.813. The first-order valence-corrected chi connectivity index (χ1v) is 8.03. The van der Waals surface area contributed by atoms with Gasteiger partial charge in [0, 0.05) is 31.4 Å². The summed E-state index contributed by atoms with van der Waals surface area (Å²) in [4.78, 5) is 29.8. The number of nitrogens with two attached hydrogens (primary N) is 1. The predicted molar refractivity (Wildman–Crippen MR) is 90.5 cm³/mol. The fourth-order valence-corrected chi connectivity index (χ4v) is 3.20. The van der Waals surface area contributed by atoms with Crippen LogP contribution in [0, 0.1) is 5.82 Å². The Hall–Kier alpha value is -2.74. The summed E-state index contributed by atoms with van der Waals surface area (Å²) in [5.74, 6) is -1.89. The van der Waals surface area contributed by atoms with E-state index < -0.39 is 17.2 Å². The summed E-state index contributed by atoms with van der Waals surface area (Å²) in [7, 11) is 0. The van der Waals surface area contributed by atoms with Gasteiger partial charge in [0.2, 0.25) is 5.43 Å². The molecule has 130 valence electrons. The molecule has 0 amide bonds. The number of rotatable bonds is 3. The first-order valence-electron chi connectivity index (χ1n) is 8.03. The average Bonchev–Trinajstić information content (AvgIpc) is 3.33. The summed E-state index contributed by atoms with van der Waals surface area (Å²) in [5, 5.41) is 9.23. The van der Waals surface area contributed by atoms with E-state index in [1.165, 1.54) is 6.20 Å². The number of carboxylic acids is 1. The normalized spacial score (nSPS) is 20.5. The number of aromatic carboxylic acids is 1. The van der Waals surface area contributed by atoms with E-state index in [0.717, 1.165) is 24.5 Å². The number of carboxylic acid groups (broad SMARTS) is 1. The van der Waals surface area contributed by atoms with Gasteiger partial charge in [-0.25, -0.2) is 14.2 Å². The summed E-state index contributed by atoms with van der Waals surface area (Å²) in [5.41, 5.74) is 5.93. The number of halogens is 1. The van der Waals surface area contributed by atoms with Crippen LogP contribution < -0.4 is 16.1 Å². The lowest BCUT2D eigenvalue weighted by molar-refractivity contribution is 0.0695. The maximum Gasteiger partial charge on any atom is 0.341 e. The molecule has 4 rings (SSSR count). The molecule has 1 atom stereocenters. The average molecular weight is 344 g/mol. The van der Waals surface area contributed by atoms with Crippen LogP contribution in [0.5, 0.6) is 0 Å². The van der Waals surface area contributed by atoms with E-state index >= 15 is 0 Å². The maximum absolute atomic E-state index is 14.6. The highest BCUT2D eigenvalue weighted by Crippen LogP contribution is 2.37.